The first-order valence-corrected chi connectivity index (χ1v) is 9.82. The quantitative estimate of drug-likeness (QED) is 0.477. The maximum Gasteiger partial charge on any atom is 0.341 e. The maximum absolute atomic E-state index is 12.3. The molecule has 0 amide bonds. The second-order valence-corrected chi connectivity index (χ2v) is 8.44. The number of H-pyrrole nitrogens is 1. The van der Waals surface area contributed by atoms with Crippen molar-refractivity contribution in [3.63, 3.8) is 0 Å². The van der Waals surface area contributed by atoms with Gasteiger partial charge in [-0.25, -0.2) is 14.8 Å². The molecule has 0 saturated carbocycles. The van der Waals surface area contributed by atoms with Crippen LogP contribution in [0.2, 0.25) is 5.02 Å². The van der Waals surface area contributed by atoms with Gasteiger partial charge < -0.3 is 9.47 Å². The molecule has 3 heterocycles. The van der Waals surface area contributed by atoms with Gasteiger partial charge in [0.25, 0.3) is 0 Å². The van der Waals surface area contributed by atoms with Crippen LogP contribution in [0.25, 0.3) is 33.5 Å². The Morgan fingerprint density at radius 1 is 1.26 bits per heavy atom. The molecule has 1 aromatic carbocycles. The molecule has 4 rings (SSSR count). The lowest BCUT2D eigenvalue weighted by Gasteiger charge is -2.16. The van der Waals surface area contributed by atoms with E-state index in [1.54, 1.807) is 43.7 Å². The number of halogens is 1. The minimum absolute atomic E-state index is 0.110. The Hall–Kier alpha value is -3.46. The summed E-state index contributed by atoms with van der Waals surface area (Å²) in [6.45, 7) is 5.17. The number of benzene rings is 1. The summed E-state index contributed by atoms with van der Waals surface area (Å²) in [7, 11) is 1.29. The average Bonchev–Trinajstić information content (AvgIpc) is 3.31. The molecule has 0 aliphatic carbocycles. The topological polar surface area (TPSA) is 112 Å². The maximum atomic E-state index is 12.3. The minimum Gasteiger partial charge on any atom is -0.465 e. The minimum atomic E-state index is -0.656. The summed E-state index contributed by atoms with van der Waals surface area (Å²) in [6.07, 6.45) is 3.06. The molecule has 0 aliphatic rings. The van der Waals surface area contributed by atoms with Crippen LogP contribution >= 0.6 is 11.6 Å². The van der Waals surface area contributed by atoms with E-state index in [1.165, 1.54) is 13.3 Å². The van der Waals surface area contributed by atoms with Crippen LogP contribution in [-0.4, -0.2) is 43.8 Å². The smallest absolute Gasteiger partial charge is 0.341 e. The lowest BCUT2D eigenvalue weighted by atomic mass is 9.98. The number of carbonyl (C=O) groups excluding carboxylic acids is 2. The summed E-state index contributed by atoms with van der Waals surface area (Å²) >= 11 is 6.04. The van der Waals surface area contributed by atoms with Gasteiger partial charge in [0.2, 0.25) is 0 Å². The first kappa shape index (κ1) is 20.8. The SMILES string of the molecule is COC(=O)c1cn(COC(=O)C(C)(C)C)c2ncc(-c3n[nH]c4cc(Cl)ccc34)nc12. The Balaban J connectivity index is 1.79. The van der Waals surface area contributed by atoms with Gasteiger partial charge in [-0.2, -0.15) is 5.10 Å². The number of carbonyl (C=O) groups is 2. The lowest BCUT2D eigenvalue weighted by molar-refractivity contribution is -0.156. The fraction of sp³-hybridized carbons (Fsp3) is 0.286. The Kier molecular flexibility index (Phi) is 5.14. The number of esters is 2. The standard InChI is InChI=1S/C21H20ClN5O4/c1-21(2,3)20(29)31-10-27-9-13(19(28)30-4)17-18(27)23-8-15(24-17)16-12-6-5-11(22)7-14(12)25-26-16/h5-9H,10H2,1-4H3,(H,25,26). The molecule has 3 aromatic heterocycles. The van der Waals surface area contributed by atoms with Crippen molar-refractivity contribution in [3.05, 3.63) is 41.2 Å². The molecule has 0 atom stereocenters. The molecular weight excluding hydrogens is 422 g/mol. The first-order chi connectivity index (χ1) is 14.7. The Bertz CT molecular complexity index is 1320. The summed E-state index contributed by atoms with van der Waals surface area (Å²) in [5, 5.41) is 8.64. The predicted molar refractivity (Wildman–Crippen MR) is 115 cm³/mol. The highest BCUT2D eigenvalue weighted by Gasteiger charge is 2.25. The number of fused-ring (bicyclic) bond motifs is 2. The van der Waals surface area contributed by atoms with Gasteiger partial charge >= 0.3 is 11.9 Å². The molecule has 0 bridgehead atoms. The van der Waals surface area contributed by atoms with Crippen molar-refractivity contribution in [2.24, 2.45) is 5.41 Å². The molecule has 1 N–H and O–H groups in total. The summed E-state index contributed by atoms with van der Waals surface area (Å²) in [6, 6.07) is 5.36. The van der Waals surface area contributed by atoms with Crippen LogP contribution in [0.4, 0.5) is 0 Å². The van der Waals surface area contributed by atoms with Crippen molar-refractivity contribution < 1.29 is 19.1 Å². The number of nitrogens with zero attached hydrogens (tertiary/aromatic N) is 4. The first-order valence-electron chi connectivity index (χ1n) is 9.44. The number of aromatic nitrogens is 5. The van der Waals surface area contributed by atoms with E-state index in [0.29, 0.717) is 27.6 Å². The van der Waals surface area contributed by atoms with Gasteiger partial charge in [-0.3, -0.25) is 14.5 Å². The Morgan fingerprint density at radius 3 is 2.74 bits per heavy atom. The summed E-state index contributed by atoms with van der Waals surface area (Å²) in [5.41, 5.74) is 2.05. The molecule has 0 unspecified atom stereocenters. The Labute approximate surface area is 182 Å². The molecule has 9 nitrogen and oxygen atoms in total. The van der Waals surface area contributed by atoms with Gasteiger partial charge in [0.1, 0.15) is 22.5 Å². The van der Waals surface area contributed by atoms with E-state index in [9.17, 15) is 9.59 Å². The van der Waals surface area contributed by atoms with Crippen molar-refractivity contribution in [1.82, 2.24) is 24.7 Å². The van der Waals surface area contributed by atoms with Crippen LogP contribution in [0.1, 0.15) is 31.1 Å². The highest BCUT2D eigenvalue weighted by atomic mass is 35.5. The molecule has 4 aromatic rings. The van der Waals surface area contributed by atoms with Crippen LogP contribution in [0.3, 0.4) is 0 Å². The summed E-state index contributed by atoms with van der Waals surface area (Å²) in [5.74, 6) is -0.948. The van der Waals surface area contributed by atoms with Gasteiger partial charge in [0.05, 0.1) is 24.2 Å². The number of rotatable bonds is 4. The molecule has 31 heavy (non-hydrogen) atoms. The molecule has 0 fully saturated rings. The van der Waals surface area contributed by atoms with E-state index in [2.05, 4.69) is 20.2 Å². The van der Waals surface area contributed by atoms with Gasteiger partial charge in [-0.05, 0) is 39.0 Å². The van der Waals surface area contributed by atoms with E-state index in [0.717, 1.165) is 10.9 Å². The van der Waals surface area contributed by atoms with E-state index < -0.39 is 11.4 Å². The molecule has 0 saturated heterocycles. The predicted octanol–water partition coefficient (Wildman–Crippen LogP) is 3.96. The second-order valence-electron chi connectivity index (χ2n) is 8.00. The van der Waals surface area contributed by atoms with E-state index in [4.69, 9.17) is 21.1 Å². The highest BCUT2D eigenvalue weighted by Crippen LogP contribution is 2.29. The molecule has 0 radical (unpaired) electrons. The number of methoxy groups -OCH3 is 1. The number of hydrogen-bond acceptors (Lipinski definition) is 7. The summed E-state index contributed by atoms with van der Waals surface area (Å²) in [4.78, 5) is 33.6. The van der Waals surface area contributed by atoms with E-state index in [1.807, 2.05) is 6.07 Å². The Morgan fingerprint density at radius 2 is 2.03 bits per heavy atom. The van der Waals surface area contributed by atoms with Crippen molar-refractivity contribution in [2.75, 3.05) is 7.11 Å². The third-order valence-corrected chi connectivity index (χ3v) is 4.92. The van der Waals surface area contributed by atoms with Crippen molar-refractivity contribution in [3.8, 4) is 11.4 Å². The van der Waals surface area contributed by atoms with E-state index >= 15 is 0 Å². The number of nitrogens with one attached hydrogen (secondary N) is 1. The van der Waals surface area contributed by atoms with Crippen LogP contribution in [0.15, 0.2) is 30.6 Å². The molecule has 160 valence electrons. The zero-order valence-electron chi connectivity index (χ0n) is 17.4. The molecule has 0 spiro atoms. The fourth-order valence-electron chi connectivity index (χ4n) is 3.06. The van der Waals surface area contributed by atoms with Crippen LogP contribution < -0.4 is 0 Å². The lowest BCUT2D eigenvalue weighted by Crippen LogP contribution is -2.24. The van der Waals surface area contributed by atoms with Crippen molar-refractivity contribution >= 4 is 45.6 Å². The summed E-state index contributed by atoms with van der Waals surface area (Å²) < 4.78 is 11.8. The third-order valence-electron chi connectivity index (χ3n) is 4.69. The number of aromatic amines is 1. The molecular formula is C21H20ClN5O4. The van der Waals surface area contributed by atoms with E-state index in [-0.39, 0.29) is 18.3 Å². The van der Waals surface area contributed by atoms with Crippen LogP contribution in [-0.2, 0) is 21.0 Å². The monoisotopic (exact) mass is 441 g/mol. The third kappa shape index (κ3) is 3.84. The van der Waals surface area contributed by atoms with Crippen LogP contribution in [0.5, 0.6) is 0 Å². The average molecular weight is 442 g/mol. The van der Waals surface area contributed by atoms with Gasteiger partial charge in [0, 0.05) is 16.6 Å². The van der Waals surface area contributed by atoms with Gasteiger partial charge in [0.15, 0.2) is 12.4 Å². The zero-order chi connectivity index (χ0) is 22.3. The fourth-order valence-corrected chi connectivity index (χ4v) is 3.23. The van der Waals surface area contributed by atoms with Gasteiger partial charge in [-0.1, -0.05) is 11.6 Å². The highest BCUT2D eigenvalue weighted by molar-refractivity contribution is 6.31. The van der Waals surface area contributed by atoms with Crippen LogP contribution in [0, 0.1) is 5.41 Å². The number of ether oxygens (including phenoxy) is 2. The molecule has 0 aliphatic heterocycles. The second kappa shape index (κ2) is 7.66. The van der Waals surface area contributed by atoms with Crippen molar-refractivity contribution in [2.45, 2.75) is 27.5 Å². The normalized spacial score (nSPS) is 11.8. The molecule has 10 heteroatoms. The van der Waals surface area contributed by atoms with Crippen molar-refractivity contribution in [1.29, 1.82) is 0 Å². The number of hydrogen-bond donors (Lipinski definition) is 1. The van der Waals surface area contributed by atoms with Gasteiger partial charge in [-0.15, -0.1) is 0 Å². The largest absolute Gasteiger partial charge is 0.465 e. The zero-order valence-corrected chi connectivity index (χ0v) is 18.1.